The van der Waals surface area contributed by atoms with Crippen molar-refractivity contribution in [2.75, 3.05) is 32.1 Å². The molecule has 180 valence electrons. The van der Waals surface area contributed by atoms with Gasteiger partial charge in [0.05, 0.1) is 17.6 Å². The summed E-state index contributed by atoms with van der Waals surface area (Å²) in [7, 11) is 4.33. The third kappa shape index (κ3) is 3.74. The highest BCUT2D eigenvalue weighted by atomic mass is 16.2. The van der Waals surface area contributed by atoms with E-state index in [9.17, 15) is 9.59 Å². The third-order valence-corrected chi connectivity index (χ3v) is 8.49. The minimum absolute atomic E-state index is 0.0178. The molecule has 0 bridgehead atoms. The second-order valence-electron chi connectivity index (χ2n) is 10.4. The summed E-state index contributed by atoms with van der Waals surface area (Å²) in [6.45, 7) is 1.38. The maximum atomic E-state index is 13.7. The lowest BCUT2D eigenvalue weighted by Crippen LogP contribution is -2.56. The Morgan fingerprint density at radius 3 is 2.26 bits per heavy atom. The molecule has 3 aliphatic rings. The van der Waals surface area contributed by atoms with Gasteiger partial charge in [0.15, 0.2) is 0 Å². The Kier molecular flexibility index (Phi) is 5.80. The molecule has 3 fully saturated rings. The van der Waals surface area contributed by atoms with Crippen molar-refractivity contribution >= 4 is 17.9 Å². The summed E-state index contributed by atoms with van der Waals surface area (Å²) >= 11 is 0. The molecule has 0 unspecified atom stereocenters. The van der Waals surface area contributed by atoms with Crippen LogP contribution in [0.25, 0.3) is 0 Å². The molecule has 2 heterocycles. The summed E-state index contributed by atoms with van der Waals surface area (Å²) in [6.07, 6.45) is 10.3. The maximum absolute atomic E-state index is 13.7. The molecule has 3 amide bonds. The fourth-order valence-electron chi connectivity index (χ4n) is 6.04. The number of amides is 3. The monoisotopic (exact) mass is 462 g/mol. The molecule has 1 aromatic heterocycles. The minimum Gasteiger partial charge on any atom is -0.366 e. The molecule has 34 heavy (non-hydrogen) atoms. The quantitative estimate of drug-likeness (QED) is 0.710. The Morgan fingerprint density at radius 1 is 1.09 bits per heavy atom. The minimum atomic E-state index is -0.574. The predicted molar refractivity (Wildman–Crippen MR) is 130 cm³/mol. The summed E-state index contributed by atoms with van der Waals surface area (Å²) < 4.78 is 0. The molecular formula is C26H34N6O2. The second kappa shape index (κ2) is 8.65. The molecule has 2 N–H and O–H groups in total. The van der Waals surface area contributed by atoms with Crippen LogP contribution in [0.15, 0.2) is 42.7 Å². The van der Waals surface area contributed by atoms with E-state index in [1.807, 2.05) is 0 Å². The number of carbonyl (C=O) groups is 2. The Bertz CT molecular complexity index is 1040. The number of anilines is 1. The Labute approximate surface area is 201 Å². The van der Waals surface area contributed by atoms with Crippen molar-refractivity contribution in [2.45, 2.75) is 56.0 Å². The van der Waals surface area contributed by atoms with Gasteiger partial charge in [0, 0.05) is 24.5 Å². The highest BCUT2D eigenvalue weighted by Gasteiger charge is 2.55. The molecule has 8 nitrogen and oxygen atoms in total. The molecule has 5 rings (SSSR count). The number of hydrogen-bond acceptors (Lipinski definition) is 5. The SMILES string of the molecule is CN(C)C1(c2ccccc2)CCC2(CC1)CN(c1ncc(C(N)=O)cn1)C(=O)N2CC1CCC1. The van der Waals surface area contributed by atoms with Gasteiger partial charge in [-0.1, -0.05) is 36.8 Å². The third-order valence-electron chi connectivity index (χ3n) is 8.49. The summed E-state index contributed by atoms with van der Waals surface area (Å²) in [5.41, 5.74) is 6.66. The summed E-state index contributed by atoms with van der Waals surface area (Å²) in [4.78, 5) is 40.0. The van der Waals surface area contributed by atoms with Crippen LogP contribution in [0.3, 0.4) is 0 Å². The number of aromatic nitrogens is 2. The van der Waals surface area contributed by atoms with Gasteiger partial charge in [-0.05, 0) is 64.1 Å². The second-order valence-corrected chi connectivity index (χ2v) is 10.4. The van der Waals surface area contributed by atoms with Crippen molar-refractivity contribution in [2.24, 2.45) is 11.7 Å². The van der Waals surface area contributed by atoms with E-state index < -0.39 is 5.91 Å². The molecule has 1 saturated heterocycles. The van der Waals surface area contributed by atoms with Crippen LogP contribution in [0, 0.1) is 5.92 Å². The van der Waals surface area contributed by atoms with E-state index in [-0.39, 0.29) is 22.7 Å². The summed E-state index contributed by atoms with van der Waals surface area (Å²) in [5, 5.41) is 0. The molecule has 8 heteroatoms. The van der Waals surface area contributed by atoms with Crippen LogP contribution in [0.5, 0.6) is 0 Å². The van der Waals surface area contributed by atoms with E-state index in [2.05, 4.69) is 64.2 Å². The van der Waals surface area contributed by atoms with Crippen LogP contribution in [0.4, 0.5) is 10.7 Å². The number of rotatable bonds is 6. The van der Waals surface area contributed by atoms with Crippen LogP contribution >= 0.6 is 0 Å². The number of primary amides is 1. The molecule has 2 saturated carbocycles. The smallest absolute Gasteiger partial charge is 0.327 e. The molecule has 2 aromatic rings. The number of hydrogen-bond donors (Lipinski definition) is 1. The van der Waals surface area contributed by atoms with E-state index in [1.54, 1.807) is 4.90 Å². The van der Waals surface area contributed by atoms with Gasteiger partial charge in [-0.2, -0.15) is 0 Å². The molecule has 2 aliphatic carbocycles. The first-order valence-electron chi connectivity index (χ1n) is 12.3. The fourth-order valence-corrected chi connectivity index (χ4v) is 6.04. The number of carbonyl (C=O) groups excluding carboxylic acids is 2. The van der Waals surface area contributed by atoms with Gasteiger partial charge < -0.3 is 10.6 Å². The largest absolute Gasteiger partial charge is 0.366 e. The predicted octanol–water partition coefficient (Wildman–Crippen LogP) is 3.39. The van der Waals surface area contributed by atoms with E-state index in [0.29, 0.717) is 18.4 Å². The van der Waals surface area contributed by atoms with Crippen LogP contribution in [0.1, 0.15) is 60.9 Å². The van der Waals surface area contributed by atoms with E-state index in [0.717, 1.165) is 32.2 Å². The lowest BCUT2D eigenvalue weighted by atomic mass is 9.68. The summed E-state index contributed by atoms with van der Waals surface area (Å²) in [5.74, 6) is 0.349. The van der Waals surface area contributed by atoms with Gasteiger partial charge in [0.1, 0.15) is 0 Å². The zero-order chi connectivity index (χ0) is 23.9. The van der Waals surface area contributed by atoms with E-state index in [4.69, 9.17) is 5.73 Å². The van der Waals surface area contributed by atoms with Crippen molar-refractivity contribution in [3.63, 3.8) is 0 Å². The molecule has 0 atom stereocenters. The van der Waals surface area contributed by atoms with Gasteiger partial charge in [0.2, 0.25) is 5.95 Å². The van der Waals surface area contributed by atoms with Crippen molar-refractivity contribution in [1.29, 1.82) is 0 Å². The zero-order valence-electron chi connectivity index (χ0n) is 20.1. The van der Waals surface area contributed by atoms with Gasteiger partial charge in [-0.15, -0.1) is 0 Å². The Balaban J connectivity index is 1.44. The summed E-state index contributed by atoms with van der Waals surface area (Å²) in [6, 6.07) is 10.7. The van der Waals surface area contributed by atoms with Crippen LogP contribution in [-0.2, 0) is 5.54 Å². The topological polar surface area (TPSA) is 95.7 Å². The van der Waals surface area contributed by atoms with Crippen molar-refractivity contribution in [3.8, 4) is 0 Å². The van der Waals surface area contributed by atoms with E-state index in [1.165, 1.54) is 37.2 Å². The first-order valence-corrected chi connectivity index (χ1v) is 12.3. The van der Waals surface area contributed by atoms with Gasteiger partial charge in [0.25, 0.3) is 5.91 Å². The molecular weight excluding hydrogens is 428 g/mol. The lowest BCUT2D eigenvalue weighted by molar-refractivity contribution is 0.0172. The molecule has 1 spiro atoms. The van der Waals surface area contributed by atoms with Gasteiger partial charge in [-0.25, -0.2) is 14.8 Å². The van der Waals surface area contributed by atoms with E-state index >= 15 is 0 Å². The lowest BCUT2D eigenvalue weighted by Gasteiger charge is -2.51. The Morgan fingerprint density at radius 2 is 1.74 bits per heavy atom. The highest BCUT2D eigenvalue weighted by molar-refractivity contribution is 5.95. The van der Waals surface area contributed by atoms with Crippen LogP contribution < -0.4 is 10.6 Å². The molecule has 1 aliphatic heterocycles. The van der Waals surface area contributed by atoms with Crippen LogP contribution in [0.2, 0.25) is 0 Å². The number of nitrogens with two attached hydrogens (primary N) is 1. The maximum Gasteiger partial charge on any atom is 0.327 e. The number of benzene rings is 1. The van der Waals surface area contributed by atoms with Crippen LogP contribution in [-0.4, -0.2) is 64.4 Å². The van der Waals surface area contributed by atoms with Crippen molar-refractivity contribution in [1.82, 2.24) is 19.8 Å². The normalized spacial score (nSPS) is 27.4. The fraction of sp³-hybridized carbons (Fsp3) is 0.538. The van der Waals surface area contributed by atoms with Gasteiger partial charge >= 0.3 is 6.03 Å². The van der Waals surface area contributed by atoms with Crippen molar-refractivity contribution < 1.29 is 9.59 Å². The average Bonchev–Trinajstić information content (AvgIpc) is 3.08. The van der Waals surface area contributed by atoms with Gasteiger partial charge in [-0.3, -0.25) is 14.6 Å². The first-order chi connectivity index (χ1) is 16.3. The highest BCUT2D eigenvalue weighted by Crippen LogP contribution is 2.49. The Hall–Kier alpha value is -3.00. The molecule has 0 radical (unpaired) electrons. The average molecular weight is 463 g/mol. The number of nitrogens with zero attached hydrogens (tertiary/aromatic N) is 5. The first kappa shape index (κ1) is 22.8. The van der Waals surface area contributed by atoms with Crippen molar-refractivity contribution in [3.05, 3.63) is 53.9 Å². The number of urea groups is 1. The standard InChI is InChI=1S/C26H34N6O2/c1-30(2)26(21-9-4-3-5-10-21)13-11-25(12-14-26)18-31(23-28-15-20(16-29-23)22(27)33)24(34)32(25)17-19-7-6-8-19/h3-5,9-10,15-16,19H,6-8,11-14,17-18H2,1-2H3,(H2,27,33). The molecule has 1 aromatic carbocycles. The zero-order valence-corrected chi connectivity index (χ0v) is 20.1.